The molecule has 19 heavy (non-hydrogen) atoms. The maximum atomic E-state index is 12.3. The molecule has 0 bridgehead atoms. The molecule has 2 rings (SSSR count). The Hall–Kier alpha value is -1.55. The van der Waals surface area contributed by atoms with Gasteiger partial charge in [0.15, 0.2) is 0 Å². The highest BCUT2D eigenvalue weighted by Crippen LogP contribution is 2.28. The van der Waals surface area contributed by atoms with Crippen LogP contribution in [0.15, 0.2) is 24.3 Å². The lowest BCUT2D eigenvalue weighted by Crippen LogP contribution is -2.44. The van der Waals surface area contributed by atoms with E-state index in [-0.39, 0.29) is 17.9 Å². The number of nitrogens with two attached hydrogens (primary N) is 1. The monoisotopic (exact) mass is 262 g/mol. The van der Waals surface area contributed by atoms with Gasteiger partial charge in [-0.1, -0.05) is 12.1 Å². The van der Waals surface area contributed by atoms with Crippen molar-refractivity contribution in [1.29, 1.82) is 0 Å². The molecule has 4 nitrogen and oxygen atoms in total. The number of amides is 1. The van der Waals surface area contributed by atoms with Crippen LogP contribution < -0.4 is 10.5 Å². The third-order valence-corrected chi connectivity index (χ3v) is 3.93. The van der Waals surface area contributed by atoms with E-state index in [0.717, 1.165) is 30.7 Å². The van der Waals surface area contributed by atoms with Crippen molar-refractivity contribution >= 4 is 5.91 Å². The van der Waals surface area contributed by atoms with Gasteiger partial charge in [-0.2, -0.15) is 0 Å². The summed E-state index contributed by atoms with van der Waals surface area (Å²) in [4.78, 5) is 14.3. The van der Waals surface area contributed by atoms with Crippen LogP contribution in [0.25, 0.3) is 0 Å². The minimum atomic E-state index is -0.00514. The highest BCUT2D eigenvalue weighted by molar-refractivity contribution is 5.80. The summed E-state index contributed by atoms with van der Waals surface area (Å²) in [6, 6.07) is 7.99. The van der Waals surface area contributed by atoms with Crippen LogP contribution in [0.4, 0.5) is 0 Å². The minimum absolute atomic E-state index is 0.00514. The summed E-state index contributed by atoms with van der Waals surface area (Å²) < 4.78 is 5.15. The molecule has 0 saturated carbocycles. The molecule has 1 heterocycles. The zero-order chi connectivity index (χ0) is 13.8. The van der Waals surface area contributed by atoms with Gasteiger partial charge in [0.05, 0.1) is 19.1 Å². The number of piperidine rings is 1. The molecule has 1 aromatic rings. The van der Waals surface area contributed by atoms with Crippen molar-refractivity contribution in [3.05, 3.63) is 29.8 Å². The maximum Gasteiger partial charge on any atom is 0.227 e. The zero-order valence-electron chi connectivity index (χ0n) is 11.6. The Morgan fingerprint density at radius 2 is 2.11 bits per heavy atom. The highest BCUT2D eigenvalue weighted by atomic mass is 16.5. The van der Waals surface area contributed by atoms with Gasteiger partial charge in [-0.05, 0) is 37.5 Å². The van der Waals surface area contributed by atoms with Crippen molar-refractivity contribution in [3.63, 3.8) is 0 Å². The van der Waals surface area contributed by atoms with E-state index in [0.29, 0.717) is 6.54 Å². The molecule has 0 aromatic heterocycles. The second-order valence-electron chi connectivity index (χ2n) is 5.06. The lowest BCUT2D eigenvalue weighted by Gasteiger charge is -2.36. The van der Waals surface area contributed by atoms with Gasteiger partial charge in [-0.3, -0.25) is 4.79 Å². The van der Waals surface area contributed by atoms with Gasteiger partial charge in [0.25, 0.3) is 0 Å². The van der Waals surface area contributed by atoms with Crippen molar-refractivity contribution in [2.24, 2.45) is 11.7 Å². The molecule has 0 aliphatic carbocycles. The molecule has 0 spiro atoms. The number of nitrogens with zero attached hydrogens (tertiary/aromatic N) is 1. The average Bonchev–Trinajstić information content (AvgIpc) is 2.47. The summed E-state index contributed by atoms with van der Waals surface area (Å²) in [6.45, 7) is 3.34. The van der Waals surface area contributed by atoms with E-state index in [1.807, 2.05) is 29.2 Å². The molecule has 1 aliphatic heterocycles. The number of carbonyl (C=O) groups is 1. The van der Waals surface area contributed by atoms with Crippen molar-refractivity contribution < 1.29 is 9.53 Å². The number of hydrogen-bond acceptors (Lipinski definition) is 3. The predicted octanol–water partition coefficient (Wildman–Crippen LogP) is 1.95. The first-order valence-corrected chi connectivity index (χ1v) is 6.82. The molecule has 104 valence electrons. The van der Waals surface area contributed by atoms with Gasteiger partial charge in [0, 0.05) is 13.1 Å². The van der Waals surface area contributed by atoms with Gasteiger partial charge in [-0.25, -0.2) is 0 Å². The number of benzene rings is 1. The largest absolute Gasteiger partial charge is 0.497 e. The lowest BCUT2D eigenvalue weighted by atomic mass is 9.94. The number of rotatable bonds is 4. The number of methoxy groups -OCH3 is 1. The Morgan fingerprint density at radius 3 is 2.68 bits per heavy atom. The highest BCUT2D eigenvalue weighted by Gasteiger charge is 2.30. The summed E-state index contributed by atoms with van der Waals surface area (Å²) in [6.07, 6.45) is 1.95. The second kappa shape index (κ2) is 6.06. The molecule has 4 heteroatoms. The van der Waals surface area contributed by atoms with Crippen LogP contribution in [0.5, 0.6) is 5.75 Å². The van der Waals surface area contributed by atoms with Crippen LogP contribution in [0, 0.1) is 5.92 Å². The first-order chi connectivity index (χ1) is 9.17. The summed E-state index contributed by atoms with van der Waals surface area (Å²) >= 11 is 0. The summed E-state index contributed by atoms with van der Waals surface area (Å²) in [5.74, 6) is 1.02. The van der Waals surface area contributed by atoms with Crippen LogP contribution >= 0.6 is 0 Å². The molecule has 1 fully saturated rings. The Labute approximate surface area is 114 Å². The topological polar surface area (TPSA) is 55.6 Å². The van der Waals surface area contributed by atoms with Crippen molar-refractivity contribution in [1.82, 2.24) is 4.90 Å². The van der Waals surface area contributed by atoms with E-state index in [1.165, 1.54) is 0 Å². The third kappa shape index (κ3) is 2.89. The predicted molar refractivity (Wildman–Crippen MR) is 74.9 cm³/mol. The first kappa shape index (κ1) is 13.9. The zero-order valence-corrected chi connectivity index (χ0v) is 11.6. The van der Waals surface area contributed by atoms with Gasteiger partial charge in [0.1, 0.15) is 5.75 Å². The fourth-order valence-corrected chi connectivity index (χ4v) is 2.64. The third-order valence-electron chi connectivity index (χ3n) is 3.93. The molecule has 0 radical (unpaired) electrons. The summed E-state index contributed by atoms with van der Waals surface area (Å²) in [5.41, 5.74) is 6.80. The van der Waals surface area contributed by atoms with E-state index in [4.69, 9.17) is 10.5 Å². The van der Waals surface area contributed by atoms with Crippen molar-refractivity contribution in [2.75, 3.05) is 20.2 Å². The second-order valence-corrected chi connectivity index (χ2v) is 5.06. The molecular formula is C15H22N2O2. The van der Waals surface area contributed by atoms with Crippen LogP contribution in [0.2, 0.25) is 0 Å². The van der Waals surface area contributed by atoms with E-state index in [9.17, 15) is 4.79 Å². The molecular weight excluding hydrogens is 240 g/mol. The number of likely N-dealkylation sites (tertiary alicyclic amines) is 1. The van der Waals surface area contributed by atoms with Gasteiger partial charge < -0.3 is 15.4 Å². The standard InChI is InChI=1S/C15H22N2O2/c1-11(12-5-7-14(19-2)8-6-12)17-9-3-4-13(10-16)15(17)18/h5-8,11,13H,3-4,9-10,16H2,1-2H3/t11?,13-/m1/s1. The quantitative estimate of drug-likeness (QED) is 0.902. The molecule has 2 atom stereocenters. The van der Waals surface area contributed by atoms with E-state index >= 15 is 0 Å². The number of carbonyl (C=O) groups excluding carboxylic acids is 1. The van der Waals surface area contributed by atoms with Crippen LogP contribution in [0.1, 0.15) is 31.4 Å². The Morgan fingerprint density at radius 1 is 1.42 bits per heavy atom. The molecule has 1 aliphatic rings. The number of ether oxygens (including phenoxy) is 1. The minimum Gasteiger partial charge on any atom is -0.497 e. The number of hydrogen-bond donors (Lipinski definition) is 1. The van der Waals surface area contributed by atoms with Crippen LogP contribution in [-0.2, 0) is 4.79 Å². The normalized spacial score (nSPS) is 21.3. The van der Waals surface area contributed by atoms with Gasteiger partial charge in [-0.15, -0.1) is 0 Å². The average molecular weight is 262 g/mol. The first-order valence-electron chi connectivity index (χ1n) is 6.82. The molecule has 1 unspecified atom stereocenters. The van der Waals surface area contributed by atoms with E-state index in [1.54, 1.807) is 7.11 Å². The fourth-order valence-electron chi connectivity index (χ4n) is 2.64. The van der Waals surface area contributed by atoms with Crippen LogP contribution in [0.3, 0.4) is 0 Å². The Bertz CT molecular complexity index is 430. The van der Waals surface area contributed by atoms with E-state index in [2.05, 4.69) is 6.92 Å². The summed E-state index contributed by atoms with van der Waals surface area (Å²) in [7, 11) is 1.65. The Balaban J connectivity index is 2.13. The maximum absolute atomic E-state index is 12.3. The van der Waals surface area contributed by atoms with Crippen LogP contribution in [-0.4, -0.2) is 31.0 Å². The fraction of sp³-hybridized carbons (Fsp3) is 0.533. The van der Waals surface area contributed by atoms with Crippen molar-refractivity contribution in [3.8, 4) is 5.75 Å². The SMILES string of the molecule is COc1ccc(C(C)N2CCC[C@H](CN)C2=O)cc1. The molecule has 1 amide bonds. The molecule has 1 saturated heterocycles. The van der Waals surface area contributed by atoms with Gasteiger partial charge in [0.2, 0.25) is 5.91 Å². The summed E-state index contributed by atoms with van der Waals surface area (Å²) in [5, 5.41) is 0. The molecule has 1 aromatic carbocycles. The van der Waals surface area contributed by atoms with Crippen molar-refractivity contribution in [2.45, 2.75) is 25.8 Å². The smallest absolute Gasteiger partial charge is 0.227 e. The molecule has 2 N–H and O–H groups in total. The Kier molecular flexibility index (Phi) is 4.43. The lowest BCUT2D eigenvalue weighted by molar-refractivity contribution is -0.140. The van der Waals surface area contributed by atoms with Gasteiger partial charge >= 0.3 is 0 Å². The van der Waals surface area contributed by atoms with E-state index < -0.39 is 0 Å².